The zero-order chi connectivity index (χ0) is 20.5. The fourth-order valence-corrected chi connectivity index (χ4v) is 5.21. The third-order valence-electron chi connectivity index (χ3n) is 6.21. The summed E-state index contributed by atoms with van der Waals surface area (Å²) in [4.78, 5) is 10.3. The van der Waals surface area contributed by atoms with E-state index in [1.54, 1.807) is 7.11 Å². The zero-order valence-corrected chi connectivity index (χ0v) is 19.2. The number of hydrogen-bond acceptors (Lipinski definition) is 5. The fourth-order valence-electron chi connectivity index (χ4n) is 4.20. The second kappa shape index (κ2) is 11.3. The first kappa shape index (κ1) is 22.5. The predicted octanol–water partition coefficient (Wildman–Crippen LogP) is 3.19. The van der Waals surface area contributed by atoms with Crippen molar-refractivity contribution in [3.05, 3.63) is 21.9 Å². The summed E-state index contributed by atoms with van der Waals surface area (Å²) in [6.45, 7) is 11.4. The molecule has 1 unspecified atom stereocenters. The van der Waals surface area contributed by atoms with Crippen molar-refractivity contribution in [3.8, 4) is 0 Å². The van der Waals surface area contributed by atoms with E-state index >= 15 is 0 Å². The normalized spacial score (nSPS) is 20.9. The Hall–Kier alpha value is -1.15. The first-order valence-corrected chi connectivity index (χ1v) is 11.9. The van der Waals surface area contributed by atoms with E-state index in [1.807, 2.05) is 11.3 Å². The topological polar surface area (TPSA) is 58.1 Å². The Morgan fingerprint density at radius 1 is 1.31 bits per heavy atom. The molecule has 1 aromatic heterocycles. The molecule has 164 valence electrons. The van der Waals surface area contributed by atoms with Crippen LogP contribution in [0, 0.1) is 12.3 Å². The predicted molar refractivity (Wildman–Crippen MR) is 121 cm³/mol. The van der Waals surface area contributed by atoms with Crippen molar-refractivity contribution >= 4 is 17.3 Å². The lowest BCUT2D eigenvalue weighted by atomic mass is 9.67. The van der Waals surface area contributed by atoms with Gasteiger partial charge in [0.15, 0.2) is 5.96 Å². The number of rotatable bonds is 10. The quantitative estimate of drug-likeness (QED) is 0.448. The van der Waals surface area contributed by atoms with Crippen LogP contribution in [0.3, 0.4) is 0 Å². The van der Waals surface area contributed by atoms with Crippen LogP contribution in [0.25, 0.3) is 0 Å². The summed E-state index contributed by atoms with van der Waals surface area (Å²) in [5.74, 6) is 0.933. The van der Waals surface area contributed by atoms with E-state index in [0.717, 1.165) is 64.9 Å². The molecule has 1 aliphatic carbocycles. The maximum atomic E-state index is 5.58. The Morgan fingerprint density at radius 2 is 2.10 bits per heavy atom. The molecule has 29 heavy (non-hydrogen) atoms. The molecule has 1 aliphatic heterocycles. The monoisotopic (exact) mass is 422 g/mol. The minimum absolute atomic E-state index is 0.340. The van der Waals surface area contributed by atoms with E-state index in [0.29, 0.717) is 11.5 Å². The largest absolute Gasteiger partial charge is 0.385 e. The molecular weight excluding hydrogens is 384 g/mol. The highest BCUT2D eigenvalue weighted by Crippen LogP contribution is 2.44. The van der Waals surface area contributed by atoms with E-state index in [1.165, 1.54) is 29.0 Å². The minimum atomic E-state index is 0.340. The second-order valence-corrected chi connectivity index (χ2v) is 9.60. The van der Waals surface area contributed by atoms with Crippen molar-refractivity contribution in [2.45, 2.75) is 45.6 Å². The van der Waals surface area contributed by atoms with Gasteiger partial charge >= 0.3 is 0 Å². The van der Waals surface area contributed by atoms with Crippen LogP contribution in [0.1, 0.15) is 48.4 Å². The number of aryl methyl sites for hydroxylation is 1. The summed E-state index contributed by atoms with van der Waals surface area (Å²) >= 11 is 1.90. The molecule has 0 amide bonds. The van der Waals surface area contributed by atoms with Gasteiger partial charge in [-0.25, -0.2) is 0 Å². The molecule has 3 rings (SSSR count). The number of nitrogens with one attached hydrogen (secondary N) is 2. The molecule has 2 N–H and O–H groups in total. The van der Waals surface area contributed by atoms with Crippen LogP contribution < -0.4 is 10.6 Å². The number of guanidine groups is 1. The van der Waals surface area contributed by atoms with Gasteiger partial charge < -0.3 is 20.1 Å². The summed E-state index contributed by atoms with van der Waals surface area (Å²) in [7, 11) is 1.79. The molecule has 1 saturated heterocycles. The number of ether oxygens (including phenoxy) is 2. The smallest absolute Gasteiger partial charge is 0.191 e. The number of nitrogens with zero attached hydrogens (tertiary/aromatic N) is 2. The highest BCUT2D eigenvalue weighted by atomic mass is 32.1. The summed E-state index contributed by atoms with van der Waals surface area (Å²) in [6.07, 6.45) is 4.96. The number of aliphatic imine (C=N–C) groups is 1. The zero-order valence-electron chi connectivity index (χ0n) is 18.3. The van der Waals surface area contributed by atoms with Gasteiger partial charge in [-0.05, 0) is 50.7 Å². The van der Waals surface area contributed by atoms with Crippen LogP contribution in [0.4, 0.5) is 0 Å². The number of morpholine rings is 1. The van der Waals surface area contributed by atoms with Gasteiger partial charge in [0.25, 0.3) is 0 Å². The van der Waals surface area contributed by atoms with Gasteiger partial charge in [0.1, 0.15) is 0 Å². The maximum absolute atomic E-state index is 5.58. The molecule has 2 heterocycles. The lowest BCUT2D eigenvalue weighted by molar-refractivity contribution is 0.0177. The molecule has 2 fully saturated rings. The van der Waals surface area contributed by atoms with Crippen LogP contribution >= 0.6 is 11.3 Å². The van der Waals surface area contributed by atoms with Crippen molar-refractivity contribution in [2.75, 3.05) is 59.7 Å². The average molecular weight is 423 g/mol. The van der Waals surface area contributed by atoms with Crippen LogP contribution in [0.15, 0.2) is 17.1 Å². The first-order chi connectivity index (χ1) is 14.2. The van der Waals surface area contributed by atoms with E-state index in [-0.39, 0.29) is 0 Å². The molecule has 0 spiro atoms. The van der Waals surface area contributed by atoms with Crippen LogP contribution in [0.2, 0.25) is 0 Å². The molecule has 1 saturated carbocycles. The third kappa shape index (κ3) is 6.41. The molecule has 0 aromatic carbocycles. The highest BCUT2D eigenvalue weighted by Gasteiger charge is 2.36. The van der Waals surface area contributed by atoms with Crippen molar-refractivity contribution in [2.24, 2.45) is 10.4 Å². The van der Waals surface area contributed by atoms with E-state index in [9.17, 15) is 0 Å². The highest BCUT2D eigenvalue weighted by molar-refractivity contribution is 7.12. The van der Waals surface area contributed by atoms with Gasteiger partial charge in [0, 0.05) is 56.2 Å². The number of methoxy groups -OCH3 is 1. The SMILES string of the molecule is CCNC(=NCC1(CCOC)CCC1)NCC(c1ccc(C)s1)N1CCOCC1. The molecule has 1 aromatic rings. The molecule has 1 atom stereocenters. The van der Waals surface area contributed by atoms with Crippen molar-refractivity contribution in [3.63, 3.8) is 0 Å². The Bertz CT molecular complexity index is 639. The second-order valence-electron chi connectivity index (χ2n) is 8.28. The minimum Gasteiger partial charge on any atom is -0.385 e. The molecule has 7 heteroatoms. The van der Waals surface area contributed by atoms with Gasteiger partial charge in [-0.1, -0.05) is 6.42 Å². The van der Waals surface area contributed by atoms with Gasteiger partial charge in [0.2, 0.25) is 0 Å². The van der Waals surface area contributed by atoms with Crippen molar-refractivity contribution in [1.82, 2.24) is 15.5 Å². The van der Waals surface area contributed by atoms with E-state index in [2.05, 4.69) is 41.5 Å². The average Bonchev–Trinajstić information content (AvgIpc) is 3.13. The summed E-state index contributed by atoms with van der Waals surface area (Å²) in [5.41, 5.74) is 0.340. The van der Waals surface area contributed by atoms with Gasteiger partial charge in [-0.2, -0.15) is 0 Å². The summed E-state index contributed by atoms with van der Waals surface area (Å²) in [5, 5.41) is 7.08. The van der Waals surface area contributed by atoms with Crippen LogP contribution in [-0.4, -0.2) is 70.5 Å². The van der Waals surface area contributed by atoms with Crippen LogP contribution in [0.5, 0.6) is 0 Å². The molecular formula is C22H38N4O2S. The first-order valence-electron chi connectivity index (χ1n) is 11.0. The van der Waals surface area contributed by atoms with Crippen molar-refractivity contribution < 1.29 is 9.47 Å². The Labute approximate surface area is 180 Å². The third-order valence-corrected chi connectivity index (χ3v) is 7.31. The molecule has 0 radical (unpaired) electrons. The molecule has 0 bridgehead atoms. The number of thiophene rings is 1. The maximum Gasteiger partial charge on any atom is 0.191 e. The van der Waals surface area contributed by atoms with E-state index < -0.39 is 0 Å². The van der Waals surface area contributed by atoms with Gasteiger partial charge in [0.05, 0.1) is 19.3 Å². The summed E-state index contributed by atoms with van der Waals surface area (Å²) in [6, 6.07) is 4.86. The lowest BCUT2D eigenvalue weighted by Gasteiger charge is -2.41. The Morgan fingerprint density at radius 3 is 2.69 bits per heavy atom. The lowest BCUT2D eigenvalue weighted by Crippen LogP contribution is -2.46. The van der Waals surface area contributed by atoms with E-state index in [4.69, 9.17) is 14.5 Å². The fraction of sp³-hybridized carbons (Fsp3) is 0.773. The molecule has 2 aliphatic rings. The van der Waals surface area contributed by atoms with Crippen LogP contribution in [-0.2, 0) is 9.47 Å². The van der Waals surface area contributed by atoms with Gasteiger partial charge in [-0.15, -0.1) is 11.3 Å². The number of hydrogen-bond donors (Lipinski definition) is 2. The van der Waals surface area contributed by atoms with Crippen molar-refractivity contribution in [1.29, 1.82) is 0 Å². The Kier molecular flexibility index (Phi) is 8.78. The molecule has 6 nitrogen and oxygen atoms in total. The standard InChI is InChI=1S/C22H38N4O2S/c1-4-23-21(25-17-22(8-5-9-22)10-13-27-3)24-16-19(20-7-6-18(2)29-20)26-11-14-28-15-12-26/h6-7,19H,4-5,8-17H2,1-3H3,(H2,23,24,25). The summed E-state index contributed by atoms with van der Waals surface area (Å²) < 4.78 is 10.9. The Balaban J connectivity index is 1.64. The van der Waals surface area contributed by atoms with Gasteiger partial charge in [-0.3, -0.25) is 9.89 Å².